The first-order valence-corrected chi connectivity index (χ1v) is 6.04. The van der Waals surface area contributed by atoms with E-state index in [0.29, 0.717) is 0 Å². The van der Waals surface area contributed by atoms with Gasteiger partial charge in [0, 0.05) is 18.8 Å². The summed E-state index contributed by atoms with van der Waals surface area (Å²) < 4.78 is 13.0. The lowest BCUT2D eigenvalue weighted by Crippen LogP contribution is -2.18. The highest BCUT2D eigenvalue weighted by Crippen LogP contribution is 2.13. The van der Waals surface area contributed by atoms with Crippen molar-refractivity contribution in [2.24, 2.45) is 0 Å². The molecule has 0 aliphatic rings. The first-order valence-electron chi connectivity index (χ1n) is 6.04. The second-order valence-corrected chi connectivity index (χ2v) is 4.52. The quantitative estimate of drug-likeness (QED) is 0.891. The number of hydrogen-bond donors (Lipinski definition) is 1. The maximum absolute atomic E-state index is 13.0. The molecule has 2 rings (SSSR count). The van der Waals surface area contributed by atoms with Crippen molar-refractivity contribution in [1.29, 1.82) is 0 Å². The summed E-state index contributed by atoms with van der Waals surface area (Å²) in [6, 6.07) is 9.96. The number of pyridine rings is 1. The average molecular weight is 244 g/mol. The molecule has 1 atom stereocenters. The fraction of sp³-hybridized carbons (Fsp3) is 0.267. The Balaban J connectivity index is 1.96. The van der Waals surface area contributed by atoms with E-state index >= 15 is 0 Å². The van der Waals surface area contributed by atoms with E-state index in [4.69, 9.17) is 0 Å². The number of aryl methyl sites for hydroxylation is 1. The van der Waals surface area contributed by atoms with Gasteiger partial charge in [0.15, 0.2) is 0 Å². The van der Waals surface area contributed by atoms with Crippen molar-refractivity contribution in [2.75, 3.05) is 0 Å². The zero-order valence-corrected chi connectivity index (χ0v) is 10.7. The molecule has 1 heterocycles. The molecular formula is C15H17FN2. The lowest BCUT2D eigenvalue weighted by atomic mass is 10.1. The number of aromatic nitrogens is 1. The summed E-state index contributed by atoms with van der Waals surface area (Å²) in [5.41, 5.74) is 3.33. The third-order valence-corrected chi connectivity index (χ3v) is 2.96. The third kappa shape index (κ3) is 3.37. The van der Waals surface area contributed by atoms with Gasteiger partial charge in [-0.15, -0.1) is 0 Å². The highest BCUT2D eigenvalue weighted by Gasteiger charge is 2.06. The molecule has 0 saturated heterocycles. The van der Waals surface area contributed by atoms with Crippen molar-refractivity contribution in [1.82, 2.24) is 10.3 Å². The molecule has 3 heteroatoms. The van der Waals surface area contributed by atoms with Crippen molar-refractivity contribution in [3.05, 3.63) is 65.2 Å². The molecule has 0 spiro atoms. The molecule has 0 aliphatic carbocycles. The minimum absolute atomic E-state index is 0.0782. The molecule has 94 valence electrons. The van der Waals surface area contributed by atoms with E-state index in [0.717, 1.165) is 12.1 Å². The smallest absolute Gasteiger partial charge is 0.141 e. The molecule has 1 aromatic carbocycles. The van der Waals surface area contributed by atoms with Crippen LogP contribution < -0.4 is 5.32 Å². The van der Waals surface area contributed by atoms with E-state index in [1.54, 1.807) is 6.20 Å². The molecular weight excluding hydrogens is 227 g/mol. The predicted molar refractivity (Wildman–Crippen MR) is 70.6 cm³/mol. The van der Waals surface area contributed by atoms with Crippen LogP contribution in [0.1, 0.15) is 29.7 Å². The summed E-state index contributed by atoms with van der Waals surface area (Å²) in [6.45, 7) is 4.83. The van der Waals surface area contributed by atoms with Crippen LogP contribution in [0.5, 0.6) is 0 Å². The van der Waals surface area contributed by atoms with E-state index < -0.39 is 0 Å². The van der Waals surface area contributed by atoms with Gasteiger partial charge < -0.3 is 5.32 Å². The second kappa shape index (κ2) is 5.74. The summed E-state index contributed by atoms with van der Waals surface area (Å²) in [7, 11) is 0. The molecule has 0 saturated carbocycles. The summed E-state index contributed by atoms with van der Waals surface area (Å²) in [6.07, 6.45) is 2.91. The molecule has 2 aromatic rings. The first-order chi connectivity index (χ1) is 8.65. The summed E-state index contributed by atoms with van der Waals surface area (Å²) in [5, 5.41) is 3.36. The van der Waals surface area contributed by atoms with Crippen LogP contribution in [0.25, 0.3) is 0 Å². The van der Waals surface area contributed by atoms with Crippen molar-refractivity contribution in [3.63, 3.8) is 0 Å². The number of nitrogens with zero attached hydrogens (tertiary/aromatic N) is 1. The molecule has 0 bridgehead atoms. The Labute approximate surface area is 107 Å². The summed E-state index contributed by atoms with van der Waals surface area (Å²) in [4.78, 5) is 3.86. The summed E-state index contributed by atoms with van der Waals surface area (Å²) >= 11 is 0. The Morgan fingerprint density at radius 3 is 2.61 bits per heavy atom. The highest BCUT2D eigenvalue weighted by molar-refractivity contribution is 5.21. The molecule has 18 heavy (non-hydrogen) atoms. The number of hydrogen-bond acceptors (Lipinski definition) is 2. The fourth-order valence-corrected chi connectivity index (χ4v) is 1.76. The lowest BCUT2D eigenvalue weighted by molar-refractivity contribution is 0.561. The van der Waals surface area contributed by atoms with Gasteiger partial charge in [0.25, 0.3) is 0 Å². The van der Waals surface area contributed by atoms with E-state index in [-0.39, 0.29) is 11.9 Å². The van der Waals surface area contributed by atoms with Gasteiger partial charge in [-0.25, -0.2) is 4.39 Å². The van der Waals surface area contributed by atoms with Crippen LogP contribution in [0.2, 0.25) is 0 Å². The van der Waals surface area contributed by atoms with Crippen LogP contribution in [0, 0.1) is 12.7 Å². The number of rotatable bonds is 4. The van der Waals surface area contributed by atoms with Gasteiger partial charge >= 0.3 is 0 Å². The van der Waals surface area contributed by atoms with E-state index in [1.807, 2.05) is 6.92 Å². The number of halogens is 1. The zero-order chi connectivity index (χ0) is 13.0. The minimum atomic E-state index is -0.295. The van der Waals surface area contributed by atoms with Gasteiger partial charge in [-0.05, 0) is 31.0 Å². The Kier molecular flexibility index (Phi) is 4.05. The minimum Gasteiger partial charge on any atom is -0.306 e. The van der Waals surface area contributed by atoms with Crippen LogP contribution >= 0.6 is 0 Å². The Hall–Kier alpha value is -1.74. The van der Waals surface area contributed by atoms with Crippen molar-refractivity contribution >= 4 is 0 Å². The van der Waals surface area contributed by atoms with Gasteiger partial charge in [-0.3, -0.25) is 4.98 Å². The molecule has 0 aliphatic heterocycles. The summed E-state index contributed by atoms with van der Waals surface area (Å²) in [5.74, 6) is -0.295. The molecule has 0 fully saturated rings. The lowest BCUT2D eigenvalue weighted by Gasteiger charge is -2.14. The Morgan fingerprint density at radius 2 is 1.94 bits per heavy atom. The zero-order valence-electron chi connectivity index (χ0n) is 10.7. The van der Waals surface area contributed by atoms with Crippen LogP contribution in [0.15, 0.2) is 42.7 Å². The number of nitrogens with one attached hydrogen (secondary N) is 1. The third-order valence-electron chi connectivity index (χ3n) is 2.96. The van der Waals surface area contributed by atoms with Crippen molar-refractivity contribution < 1.29 is 4.39 Å². The van der Waals surface area contributed by atoms with E-state index in [2.05, 4.69) is 41.5 Å². The monoisotopic (exact) mass is 244 g/mol. The van der Waals surface area contributed by atoms with Gasteiger partial charge in [-0.1, -0.05) is 29.8 Å². The average Bonchev–Trinajstić information content (AvgIpc) is 2.38. The molecule has 2 nitrogen and oxygen atoms in total. The van der Waals surface area contributed by atoms with Crippen molar-refractivity contribution in [3.8, 4) is 0 Å². The van der Waals surface area contributed by atoms with Crippen molar-refractivity contribution in [2.45, 2.75) is 26.4 Å². The van der Waals surface area contributed by atoms with E-state index in [1.165, 1.54) is 23.4 Å². The molecule has 0 amide bonds. The standard InChI is InChI=1S/C15H17FN2/c1-11-3-5-13(6-4-11)8-18-12(2)14-7-15(16)10-17-9-14/h3-7,9-10,12,18H,8H2,1-2H3. The molecule has 1 unspecified atom stereocenters. The largest absolute Gasteiger partial charge is 0.306 e. The molecule has 1 aromatic heterocycles. The Bertz CT molecular complexity index is 508. The normalized spacial score (nSPS) is 12.4. The molecule has 0 radical (unpaired) electrons. The van der Waals surface area contributed by atoms with Crippen LogP contribution in [-0.2, 0) is 6.54 Å². The highest BCUT2D eigenvalue weighted by atomic mass is 19.1. The number of benzene rings is 1. The van der Waals surface area contributed by atoms with Gasteiger partial charge in [0.05, 0.1) is 6.20 Å². The van der Waals surface area contributed by atoms with Crippen LogP contribution in [0.3, 0.4) is 0 Å². The van der Waals surface area contributed by atoms with Crippen LogP contribution in [0.4, 0.5) is 4.39 Å². The van der Waals surface area contributed by atoms with E-state index in [9.17, 15) is 4.39 Å². The maximum atomic E-state index is 13.0. The van der Waals surface area contributed by atoms with Gasteiger partial charge in [0.2, 0.25) is 0 Å². The second-order valence-electron chi connectivity index (χ2n) is 4.52. The Morgan fingerprint density at radius 1 is 1.22 bits per heavy atom. The van der Waals surface area contributed by atoms with Crippen LogP contribution in [-0.4, -0.2) is 4.98 Å². The fourth-order valence-electron chi connectivity index (χ4n) is 1.76. The first kappa shape index (κ1) is 12.7. The van der Waals surface area contributed by atoms with Gasteiger partial charge in [-0.2, -0.15) is 0 Å². The van der Waals surface area contributed by atoms with Gasteiger partial charge in [0.1, 0.15) is 5.82 Å². The topological polar surface area (TPSA) is 24.9 Å². The molecule has 1 N–H and O–H groups in total. The maximum Gasteiger partial charge on any atom is 0.141 e. The SMILES string of the molecule is Cc1ccc(CNC(C)c2cncc(F)c2)cc1. The predicted octanol–water partition coefficient (Wildman–Crippen LogP) is 3.38.